The molecule has 9 nitrogen and oxygen atoms in total. The molecule has 0 atom stereocenters. The summed E-state index contributed by atoms with van der Waals surface area (Å²) >= 11 is 0. The van der Waals surface area contributed by atoms with E-state index < -0.39 is 10.0 Å². The van der Waals surface area contributed by atoms with Crippen LogP contribution in [0.5, 0.6) is 0 Å². The molecule has 0 radical (unpaired) electrons. The van der Waals surface area contributed by atoms with E-state index in [0.29, 0.717) is 50.6 Å². The number of aryl methyl sites for hydroxylation is 3. The molecule has 1 amide bonds. The summed E-state index contributed by atoms with van der Waals surface area (Å²) in [6.07, 6.45) is 0.681. The van der Waals surface area contributed by atoms with Gasteiger partial charge in [-0.25, -0.2) is 8.42 Å². The van der Waals surface area contributed by atoms with Crippen LogP contribution in [0.25, 0.3) is 0 Å². The summed E-state index contributed by atoms with van der Waals surface area (Å²) in [5.41, 5.74) is 2.96. The van der Waals surface area contributed by atoms with E-state index in [1.807, 2.05) is 4.90 Å². The molecule has 2 aliphatic heterocycles. The normalized spacial score (nSPS) is 19.3. The van der Waals surface area contributed by atoms with Crippen LogP contribution in [0.15, 0.2) is 33.7 Å². The lowest BCUT2D eigenvalue weighted by Crippen LogP contribution is -2.51. The quantitative estimate of drug-likeness (QED) is 0.609. The second kappa shape index (κ2) is 10.6. The molecule has 1 aromatic carbocycles. The molecule has 2 aliphatic rings. The number of sulfonamides is 1. The fourth-order valence-corrected chi connectivity index (χ4v) is 6.59. The van der Waals surface area contributed by atoms with Gasteiger partial charge in [0.1, 0.15) is 10.6 Å². The molecule has 4 rings (SSSR count). The van der Waals surface area contributed by atoms with Crippen LogP contribution in [-0.2, 0) is 21.4 Å². The lowest BCUT2D eigenvalue weighted by molar-refractivity contribution is -0.134. The Labute approximate surface area is 202 Å². The molecule has 2 saturated heterocycles. The maximum absolute atomic E-state index is 13.1. The Morgan fingerprint density at radius 3 is 2.38 bits per heavy atom. The largest absolute Gasteiger partial charge is 0.360 e. The fourth-order valence-electron chi connectivity index (χ4n) is 4.83. The van der Waals surface area contributed by atoms with E-state index in [1.165, 1.54) is 15.4 Å². The predicted octanol–water partition coefficient (Wildman–Crippen LogP) is 1.64. The van der Waals surface area contributed by atoms with Crippen LogP contribution in [0, 0.1) is 20.8 Å². The van der Waals surface area contributed by atoms with E-state index in [2.05, 4.69) is 46.1 Å². The summed E-state index contributed by atoms with van der Waals surface area (Å²) in [5, 5.41) is 3.79. The van der Waals surface area contributed by atoms with Crippen molar-refractivity contribution < 1.29 is 17.7 Å². The first-order valence-electron chi connectivity index (χ1n) is 11.9. The summed E-state index contributed by atoms with van der Waals surface area (Å²) in [4.78, 5) is 19.5. The number of rotatable bonds is 6. The van der Waals surface area contributed by atoms with Gasteiger partial charge >= 0.3 is 0 Å². The minimum atomic E-state index is -3.66. The molecule has 2 aromatic rings. The van der Waals surface area contributed by atoms with Crippen molar-refractivity contribution in [2.75, 3.05) is 58.9 Å². The molecule has 1 aromatic heterocycles. The Bertz CT molecular complexity index is 1090. The zero-order valence-electron chi connectivity index (χ0n) is 20.4. The van der Waals surface area contributed by atoms with Crippen molar-refractivity contribution in [1.82, 2.24) is 24.2 Å². The number of amides is 1. The number of benzene rings is 1. The molecule has 0 unspecified atom stereocenters. The van der Waals surface area contributed by atoms with Gasteiger partial charge in [0, 0.05) is 52.4 Å². The zero-order chi connectivity index (χ0) is 24.3. The lowest BCUT2D eigenvalue weighted by atomic mass is 10.1. The molecule has 10 heteroatoms. The fraction of sp³-hybridized carbons (Fsp3) is 0.583. The maximum Gasteiger partial charge on any atom is 0.248 e. The molecular weight excluding hydrogens is 454 g/mol. The first kappa shape index (κ1) is 24.8. The monoisotopic (exact) mass is 489 g/mol. The first-order chi connectivity index (χ1) is 16.2. The van der Waals surface area contributed by atoms with Crippen LogP contribution in [0.3, 0.4) is 0 Å². The minimum Gasteiger partial charge on any atom is -0.360 e. The molecule has 0 aliphatic carbocycles. The van der Waals surface area contributed by atoms with Crippen LogP contribution in [0.1, 0.15) is 29.0 Å². The highest BCUT2D eigenvalue weighted by molar-refractivity contribution is 7.89. The van der Waals surface area contributed by atoms with Gasteiger partial charge in [-0.2, -0.15) is 4.31 Å². The molecule has 0 saturated carbocycles. The molecule has 0 bridgehead atoms. The van der Waals surface area contributed by atoms with E-state index in [-0.39, 0.29) is 10.8 Å². The number of hydrogen-bond acceptors (Lipinski definition) is 7. The van der Waals surface area contributed by atoms with Gasteiger partial charge in [-0.1, -0.05) is 35.0 Å². The van der Waals surface area contributed by atoms with Gasteiger partial charge in [0.25, 0.3) is 0 Å². The Balaban J connectivity index is 1.27. The highest BCUT2D eigenvalue weighted by Crippen LogP contribution is 2.24. The van der Waals surface area contributed by atoms with Crippen molar-refractivity contribution in [3.63, 3.8) is 0 Å². The van der Waals surface area contributed by atoms with Gasteiger partial charge in [-0.3, -0.25) is 14.6 Å². The smallest absolute Gasteiger partial charge is 0.248 e. The van der Waals surface area contributed by atoms with Crippen molar-refractivity contribution in [3.05, 3.63) is 46.8 Å². The van der Waals surface area contributed by atoms with E-state index in [0.717, 1.165) is 32.7 Å². The van der Waals surface area contributed by atoms with Crippen LogP contribution in [-0.4, -0.2) is 97.4 Å². The predicted molar refractivity (Wildman–Crippen MR) is 129 cm³/mol. The van der Waals surface area contributed by atoms with Gasteiger partial charge in [-0.05, 0) is 39.3 Å². The average molecular weight is 490 g/mol. The van der Waals surface area contributed by atoms with Crippen molar-refractivity contribution in [2.45, 2.75) is 38.6 Å². The van der Waals surface area contributed by atoms with Crippen LogP contribution in [0.4, 0.5) is 0 Å². The summed E-state index contributed by atoms with van der Waals surface area (Å²) in [5.74, 6) is 0.438. The lowest BCUT2D eigenvalue weighted by Gasteiger charge is -2.35. The van der Waals surface area contributed by atoms with Gasteiger partial charge in [0.05, 0.1) is 6.54 Å². The van der Waals surface area contributed by atoms with Gasteiger partial charge in [0.2, 0.25) is 15.9 Å². The Morgan fingerprint density at radius 2 is 1.71 bits per heavy atom. The summed E-state index contributed by atoms with van der Waals surface area (Å²) in [6, 6.07) is 8.56. The third-order valence-electron chi connectivity index (χ3n) is 6.69. The SMILES string of the molecule is Cc1cccc(CN2CCN(C(=O)CN3CCCN(S(=O)(=O)c4c(C)noc4C)CC3)CC2)c1. The number of hydrogen-bond donors (Lipinski definition) is 0. The molecule has 0 spiro atoms. The number of piperazine rings is 1. The molecule has 3 heterocycles. The summed E-state index contributed by atoms with van der Waals surface area (Å²) in [6.45, 7) is 11.8. The van der Waals surface area contributed by atoms with Crippen molar-refractivity contribution in [3.8, 4) is 0 Å². The standard InChI is InChI=1S/C24H35N5O4S/c1-19-6-4-7-22(16-19)17-27-10-13-28(14-11-27)23(30)18-26-8-5-9-29(15-12-26)34(31,32)24-20(2)25-33-21(24)3/h4,6-7,16H,5,8-15,17-18H2,1-3H3. The van der Waals surface area contributed by atoms with Crippen molar-refractivity contribution in [1.29, 1.82) is 0 Å². The number of carbonyl (C=O) groups excluding carboxylic acids is 1. The highest BCUT2D eigenvalue weighted by Gasteiger charge is 2.33. The first-order valence-corrected chi connectivity index (χ1v) is 13.4. The molecule has 2 fully saturated rings. The van der Waals surface area contributed by atoms with Crippen molar-refractivity contribution in [2.24, 2.45) is 0 Å². The van der Waals surface area contributed by atoms with E-state index >= 15 is 0 Å². The van der Waals surface area contributed by atoms with Gasteiger partial charge < -0.3 is 9.42 Å². The van der Waals surface area contributed by atoms with E-state index in [4.69, 9.17) is 4.52 Å². The second-order valence-electron chi connectivity index (χ2n) is 9.33. The summed E-state index contributed by atoms with van der Waals surface area (Å²) in [7, 11) is -3.66. The highest BCUT2D eigenvalue weighted by atomic mass is 32.2. The average Bonchev–Trinajstić information content (AvgIpc) is 2.98. The second-order valence-corrected chi connectivity index (χ2v) is 11.2. The Hall–Kier alpha value is -2.27. The van der Waals surface area contributed by atoms with E-state index in [9.17, 15) is 13.2 Å². The summed E-state index contributed by atoms with van der Waals surface area (Å²) < 4.78 is 32.8. The molecule has 34 heavy (non-hydrogen) atoms. The topological polar surface area (TPSA) is 90.2 Å². The Kier molecular flexibility index (Phi) is 7.71. The number of nitrogens with zero attached hydrogens (tertiary/aromatic N) is 5. The number of aromatic nitrogens is 1. The maximum atomic E-state index is 13.1. The van der Waals surface area contributed by atoms with Crippen molar-refractivity contribution >= 4 is 15.9 Å². The molecular formula is C24H35N5O4S. The molecule has 186 valence electrons. The van der Waals surface area contributed by atoms with Crippen LogP contribution < -0.4 is 0 Å². The van der Waals surface area contributed by atoms with Gasteiger partial charge in [0.15, 0.2) is 5.76 Å². The number of carbonyl (C=O) groups is 1. The van der Waals surface area contributed by atoms with Crippen LogP contribution >= 0.6 is 0 Å². The van der Waals surface area contributed by atoms with E-state index in [1.54, 1.807) is 13.8 Å². The Morgan fingerprint density at radius 1 is 0.971 bits per heavy atom. The molecule has 0 N–H and O–H groups in total. The third-order valence-corrected chi connectivity index (χ3v) is 8.83. The van der Waals surface area contributed by atoms with Gasteiger partial charge in [-0.15, -0.1) is 0 Å². The third kappa shape index (κ3) is 5.68. The minimum absolute atomic E-state index is 0.122. The zero-order valence-corrected chi connectivity index (χ0v) is 21.2. The van der Waals surface area contributed by atoms with Crippen LogP contribution in [0.2, 0.25) is 0 Å².